The fourth-order valence-corrected chi connectivity index (χ4v) is 9.19. The molecule has 0 radical (unpaired) electrons. The lowest BCUT2D eigenvalue weighted by molar-refractivity contribution is -0.140. The number of ether oxygens (including phenoxy) is 2. The van der Waals surface area contributed by atoms with E-state index in [1.54, 1.807) is 0 Å². The first-order chi connectivity index (χ1) is 27.9. The van der Waals surface area contributed by atoms with E-state index in [1.807, 2.05) is 13.0 Å². The number of fused-ring (bicyclic) bond motifs is 8. The molecule has 6 rings (SSSR count). The second kappa shape index (κ2) is 19.0. The van der Waals surface area contributed by atoms with Gasteiger partial charge in [-0.15, -0.1) is 0 Å². The van der Waals surface area contributed by atoms with Gasteiger partial charge in [0.15, 0.2) is 0 Å². The SMILES string of the molecule is CCCCCCCCOC(C)C1=C(C)c2cc3[nH]c(c4c5[nH]c(cc6nc(cc1n2)C(C)=C6CC)c(C)c5C(=O)N(CCCCCC)C4=O)[C@@H](CCC(=O)OC)[C@@H]3C. The van der Waals surface area contributed by atoms with Crippen LogP contribution in [0.25, 0.3) is 33.3 Å². The van der Waals surface area contributed by atoms with Gasteiger partial charge < -0.3 is 19.4 Å². The van der Waals surface area contributed by atoms with Crippen molar-refractivity contribution in [1.82, 2.24) is 24.8 Å². The van der Waals surface area contributed by atoms with Gasteiger partial charge in [-0.2, -0.15) is 0 Å². The minimum absolute atomic E-state index is 0.0987. The summed E-state index contributed by atoms with van der Waals surface area (Å²) in [4.78, 5) is 61.0. The number of aromatic nitrogens is 4. The van der Waals surface area contributed by atoms with Crippen molar-refractivity contribution in [2.45, 2.75) is 157 Å². The third-order valence-corrected chi connectivity index (χ3v) is 12.8. The summed E-state index contributed by atoms with van der Waals surface area (Å²) in [6, 6.07) is 6.23. The highest BCUT2D eigenvalue weighted by Gasteiger charge is 2.40. The van der Waals surface area contributed by atoms with Crippen molar-refractivity contribution in [3.05, 3.63) is 69.1 Å². The molecular formula is C48H65N5O5. The molecule has 2 amide bonds. The highest BCUT2D eigenvalue weighted by molar-refractivity contribution is 6.23. The number of aromatic amines is 2. The van der Waals surface area contributed by atoms with Crippen LogP contribution in [0.3, 0.4) is 0 Å². The van der Waals surface area contributed by atoms with Gasteiger partial charge in [-0.05, 0) is 93.9 Å². The Morgan fingerprint density at radius 2 is 1.47 bits per heavy atom. The number of nitrogens with zero attached hydrogens (tertiary/aromatic N) is 3. The molecule has 4 aliphatic heterocycles. The number of H-pyrrole nitrogens is 2. The van der Waals surface area contributed by atoms with Crippen LogP contribution in [0.5, 0.6) is 0 Å². The minimum atomic E-state index is -0.320. The standard InChI is InChI=1S/C48H65N5O5/c1-10-13-15-17-18-20-24-58-32(8)42-30(6)37-25-36-29(5)34(21-22-41(54)57-9)45(51-36)44-46-43(47(55)53(48(44)56)23-19-16-14-11-2)31(7)38(52-46)26-39-33(12-3)28(4)35(49-39)27-40(42)50-37/h25-27,29,32,34,51-52H,10-24H2,1-9H3/t29-,32?,34-/m0/s1. The molecule has 0 saturated carbocycles. The molecule has 0 fully saturated rings. The molecule has 58 heavy (non-hydrogen) atoms. The molecule has 0 aliphatic carbocycles. The first-order valence-corrected chi connectivity index (χ1v) is 22.0. The summed E-state index contributed by atoms with van der Waals surface area (Å²) in [7, 11) is 1.40. The maximum atomic E-state index is 14.8. The van der Waals surface area contributed by atoms with Gasteiger partial charge in [0.25, 0.3) is 11.8 Å². The number of unbranched alkanes of at least 4 members (excludes halogenated alkanes) is 8. The van der Waals surface area contributed by atoms with Crippen molar-refractivity contribution >= 4 is 51.1 Å². The zero-order valence-electron chi connectivity index (χ0n) is 36.5. The summed E-state index contributed by atoms with van der Waals surface area (Å²) in [6.45, 7) is 18.0. The highest BCUT2D eigenvalue weighted by atomic mass is 16.5. The second-order valence-electron chi connectivity index (χ2n) is 16.6. The van der Waals surface area contributed by atoms with Crippen LogP contribution in [0, 0.1) is 6.92 Å². The molecule has 312 valence electrons. The summed E-state index contributed by atoms with van der Waals surface area (Å²) in [5, 5.41) is 0. The van der Waals surface area contributed by atoms with E-state index in [1.165, 1.54) is 37.7 Å². The van der Waals surface area contributed by atoms with E-state index in [9.17, 15) is 14.4 Å². The Bertz CT molecular complexity index is 2170. The number of esters is 1. The molecule has 8 bridgehead atoms. The molecule has 0 saturated heterocycles. The summed E-state index contributed by atoms with van der Waals surface area (Å²) in [6.07, 6.45) is 12.2. The molecule has 2 aromatic rings. The van der Waals surface area contributed by atoms with E-state index < -0.39 is 0 Å². The number of carbonyl (C=O) groups excluding carboxylic acids is 3. The van der Waals surface area contributed by atoms with Crippen LogP contribution in [0.2, 0.25) is 0 Å². The third-order valence-electron chi connectivity index (χ3n) is 12.8. The molecule has 1 unspecified atom stereocenters. The first-order valence-electron chi connectivity index (χ1n) is 22.0. The lowest BCUT2D eigenvalue weighted by atomic mass is 9.84. The Kier molecular flexibility index (Phi) is 14.1. The number of rotatable bonds is 18. The summed E-state index contributed by atoms with van der Waals surface area (Å²) >= 11 is 0. The molecule has 0 aromatic carbocycles. The average molecular weight is 792 g/mol. The number of nitrogens with one attached hydrogen (secondary N) is 2. The maximum Gasteiger partial charge on any atom is 0.305 e. The molecule has 0 spiro atoms. The molecular weight excluding hydrogens is 727 g/mol. The average Bonchev–Trinajstić information content (AvgIpc) is 3.89. The predicted molar refractivity (Wildman–Crippen MR) is 233 cm³/mol. The van der Waals surface area contributed by atoms with Gasteiger partial charge in [0.2, 0.25) is 0 Å². The van der Waals surface area contributed by atoms with E-state index >= 15 is 0 Å². The fourth-order valence-electron chi connectivity index (χ4n) is 9.19. The predicted octanol–water partition coefficient (Wildman–Crippen LogP) is 11.4. The highest BCUT2D eigenvalue weighted by Crippen LogP contribution is 2.45. The van der Waals surface area contributed by atoms with Crippen molar-refractivity contribution in [2.24, 2.45) is 0 Å². The number of allylic oxidation sites excluding steroid dienone is 3. The van der Waals surface area contributed by atoms with Crippen molar-refractivity contribution in [3.8, 4) is 0 Å². The van der Waals surface area contributed by atoms with E-state index in [0.717, 1.165) is 107 Å². The van der Waals surface area contributed by atoms with Crippen molar-refractivity contribution in [2.75, 3.05) is 20.3 Å². The van der Waals surface area contributed by atoms with Gasteiger partial charge in [0.1, 0.15) is 0 Å². The van der Waals surface area contributed by atoms with E-state index in [-0.39, 0.29) is 42.1 Å². The maximum absolute atomic E-state index is 14.8. The van der Waals surface area contributed by atoms with Gasteiger partial charge in [-0.1, -0.05) is 79.1 Å². The lowest BCUT2D eigenvalue weighted by Crippen LogP contribution is -2.41. The second-order valence-corrected chi connectivity index (χ2v) is 16.6. The largest absolute Gasteiger partial charge is 0.469 e. The van der Waals surface area contributed by atoms with Crippen LogP contribution >= 0.6 is 0 Å². The van der Waals surface area contributed by atoms with Crippen molar-refractivity contribution in [3.63, 3.8) is 0 Å². The van der Waals surface area contributed by atoms with Crippen LogP contribution in [0.15, 0.2) is 18.2 Å². The number of carbonyl (C=O) groups is 3. The van der Waals surface area contributed by atoms with Crippen molar-refractivity contribution in [1.29, 1.82) is 0 Å². The van der Waals surface area contributed by atoms with Gasteiger partial charge >= 0.3 is 5.97 Å². The molecule has 4 aliphatic rings. The zero-order chi connectivity index (χ0) is 41.7. The normalized spacial score (nSPS) is 17.7. The number of hydrogen-bond acceptors (Lipinski definition) is 7. The molecule has 2 aromatic heterocycles. The number of hydrogen-bond donors (Lipinski definition) is 2. The minimum Gasteiger partial charge on any atom is -0.469 e. The van der Waals surface area contributed by atoms with Gasteiger partial charge in [-0.25, -0.2) is 9.97 Å². The van der Waals surface area contributed by atoms with Crippen molar-refractivity contribution < 1.29 is 23.9 Å². The smallest absolute Gasteiger partial charge is 0.305 e. The number of methoxy groups -OCH3 is 1. The molecule has 2 N–H and O–H groups in total. The Hall–Kier alpha value is -4.57. The molecule has 3 atom stereocenters. The summed E-state index contributed by atoms with van der Waals surface area (Å²) < 4.78 is 11.6. The van der Waals surface area contributed by atoms with Gasteiger partial charge in [0.05, 0.1) is 52.6 Å². The topological polar surface area (TPSA) is 130 Å². The van der Waals surface area contributed by atoms with Gasteiger partial charge in [-0.3, -0.25) is 19.3 Å². The third kappa shape index (κ3) is 8.59. The quantitative estimate of drug-likeness (QED) is 0.0873. The number of amides is 2. The Balaban J connectivity index is 1.60. The van der Waals surface area contributed by atoms with Crippen LogP contribution < -0.4 is 0 Å². The summed E-state index contributed by atoms with van der Waals surface area (Å²) in [5.74, 6) is -1.23. The van der Waals surface area contributed by atoms with Gasteiger partial charge in [0, 0.05) is 53.9 Å². The summed E-state index contributed by atoms with van der Waals surface area (Å²) in [5.41, 5.74) is 12.3. The van der Waals surface area contributed by atoms with Crippen LogP contribution in [0.1, 0.15) is 204 Å². The molecule has 10 heteroatoms. The van der Waals surface area contributed by atoms with Crippen LogP contribution in [-0.2, 0) is 14.3 Å². The first kappa shape index (κ1) is 43.0. The zero-order valence-corrected chi connectivity index (χ0v) is 36.5. The molecule has 6 heterocycles. The van der Waals surface area contributed by atoms with Crippen LogP contribution in [-0.4, -0.2) is 69.0 Å². The Morgan fingerprint density at radius 1 is 0.810 bits per heavy atom. The lowest BCUT2D eigenvalue weighted by Gasteiger charge is -2.27. The fraction of sp³-hybridized carbons (Fsp3) is 0.562. The molecule has 10 nitrogen and oxygen atoms in total. The Morgan fingerprint density at radius 3 is 2.17 bits per heavy atom. The van der Waals surface area contributed by atoms with E-state index in [2.05, 4.69) is 70.6 Å². The number of imide groups is 1. The number of aryl methyl sites for hydroxylation is 1. The van der Waals surface area contributed by atoms with E-state index in [4.69, 9.17) is 19.4 Å². The monoisotopic (exact) mass is 791 g/mol. The van der Waals surface area contributed by atoms with E-state index in [0.29, 0.717) is 41.9 Å². The Labute approximate surface area is 345 Å². The van der Waals surface area contributed by atoms with Crippen LogP contribution in [0.4, 0.5) is 0 Å².